The molecule has 0 saturated carbocycles. The van der Waals surface area contributed by atoms with Crippen LogP contribution in [0.3, 0.4) is 0 Å². The highest BCUT2D eigenvalue weighted by atomic mass is 16.5. The topological polar surface area (TPSA) is 63.9 Å². The van der Waals surface area contributed by atoms with Crippen LogP contribution in [-0.2, 0) is 0 Å². The molecule has 0 aliphatic carbocycles. The van der Waals surface area contributed by atoms with Crippen molar-refractivity contribution in [2.24, 2.45) is 0 Å². The highest BCUT2D eigenvalue weighted by molar-refractivity contribution is 5.90. The average Bonchev–Trinajstić information content (AvgIpc) is 3.33. The molecule has 6 nitrogen and oxygen atoms in total. The van der Waals surface area contributed by atoms with Gasteiger partial charge >= 0.3 is 5.97 Å². The Morgan fingerprint density at radius 1 is 1.00 bits per heavy atom. The number of carbonyl (C=O) groups is 1. The van der Waals surface area contributed by atoms with Crippen LogP contribution in [0.15, 0.2) is 79.0 Å². The summed E-state index contributed by atoms with van der Waals surface area (Å²) in [6.45, 7) is 5.53. The van der Waals surface area contributed by atoms with Gasteiger partial charge in [0.2, 0.25) is 0 Å². The maximum absolute atomic E-state index is 11.4. The van der Waals surface area contributed by atoms with Crippen molar-refractivity contribution in [1.82, 2.24) is 9.47 Å². The van der Waals surface area contributed by atoms with E-state index in [1.54, 1.807) is 31.4 Å². The lowest BCUT2D eigenvalue weighted by Crippen LogP contribution is -2.35. The van der Waals surface area contributed by atoms with E-state index in [2.05, 4.69) is 59.0 Å². The van der Waals surface area contributed by atoms with Gasteiger partial charge in [0.05, 0.1) is 13.2 Å². The van der Waals surface area contributed by atoms with Crippen LogP contribution >= 0.6 is 0 Å². The van der Waals surface area contributed by atoms with Crippen LogP contribution in [0.2, 0.25) is 0 Å². The Morgan fingerprint density at radius 2 is 1.70 bits per heavy atom. The second-order valence-corrected chi connectivity index (χ2v) is 9.72. The van der Waals surface area contributed by atoms with Gasteiger partial charge in [-0.1, -0.05) is 42.5 Å². The molecule has 6 heteroatoms. The Bertz CT molecular complexity index is 1350. The molecule has 1 fully saturated rings. The summed E-state index contributed by atoms with van der Waals surface area (Å²) in [6, 6.07) is 24.1. The maximum atomic E-state index is 11.4. The molecule has 4 aromatic rings. The maximum Gasteiger partial charge on any atom is 0.339 e. The SMILES string of the molecule is COc1ccc(C(C)n2cc(C3CCN(CCOc4ccccc4C(=O)O)CC3)c3ccccc32)cc1. The normalized spacial score (nSPS) is 15.5. The van der Waals surface area contributed by atoms with E-state index >= 15 is 0 Å². The molecule has 0 bridgehead atoms. The molecule has 2 heterocycles. The van der Waals surface area contributed by atoms with Crippen molar-refractivity contribution in [1.29, 1.82) is 0 Å². The molecule has 1 unspecified atom stereocenters. The zero-order valence-corrected chi connectivity index (χ0v) is 21.5. The highest BCUT2D eigenvalue weighted by Crippen LogP contribution is 2.37. The fraction of sp³-hybridized carbons (Fsp3) is 0.323. The summed E-state index contributed by atoms with van der Waals surface area (Å²) in [6.07, 6.45) is 4.55. The third-order valence-corrected chi connectivity index (χ3v) is 7.60. The zero-order valence-electron chi connectivity index (χ0n) is 21.5. The first-order valence-electron chi connectivity index (χ1n) is 13.0. The fourth-order valence-electron chi connectivity index (χ4n) is 5.44. The van der Waals surface area contributed by atoms with E-state index in [0.717, 1.165) is 38.2 Å². The standard InChI is InChI=1S/C31H34N2O4/c1-22(23-11-13-25(36-2)14-12-23)33-21-28(26-7-3-5-9-29(26)33)24-15-17-32(18-16-24)19-20-37-30-10-6-4-8-27(30)31(34)35/h3-14,21-22,24H,15-20H2,1-2H3,(H,34,35). The number of likely N-dealkylation sites (tertiary alicyclic amines) is 1. The lowest BCUT2D eigenvalue weighted by molar-refractivity contribution is 0.0691. The number of para-hydroxylation sites is 2. The second kappa shape index (κ2) is 11.1. The lowest BCUT2D eigenvalue weighted by atomic mass is 9.89. The van der Waals surface area contributed by atoms with E-state index in [1.165, 1.54) is 22.0 Å². The predicted octanol–water partition coefficient (Wildman–Crippen LogP) is 6.22. The van der Waals surface area contributed by atoms with Crippen molar-refractivity contribution < 1.29 is 19.4 Å². The van der Waals surface area contributed by atoms with Crippen molar-refractivity contribution in [2.45, 2.75) is 31.7 Å². The zero-order chi connectivity index (χ0) is 25.8. The Morgan fingerprint density at radius 3 is 2.43 bits per heavy atom. The summed E-state index contributed by atoms with van der Waals surface area (Å²) in [5.74, 6) is 0.858. The number of rotatable bonds is 9. The molecule has 1 aliphatic heterocycles. The van der Waals surface area contributed by atoms with Crippen LogP contribution in [-0.4, -0.2) is 53.9 Å². The van der Waals surface area contributed by atoms with Crippen molar-refractivity contribution in [3.8, 4) is 11.5 Å². The van der Waals surface area contributed by atoms with Gasteiger partial charge in [0.25, 0.3) is 0 Å². The monoisotopic (exact) mass is 498 g/mol. The largest absolute Gasteiger partial charge is 0.497 e. The molecule has 1 aromatic heterocycles. The van der Waals surface area contributed by atoms with E-state index in [4.69, 9.17) is 9.47 Å². The first-order chi connectivity index (χ1) is 18.0. The first-order valence-corrected chi connectivity index (χ1v) is 13.0. The molecule has 37 heavy (non-hydrogen) atoms. The number of hydrogen-bond acceptors (Lipinski definition) is 4. The fourth-order valence-corrected chi connectivity index (χ4v) is 5.44. The van der Waals surface area contributed by atoms with Crippen molar-refractivity contribution in [2.75, 3.05) is 33.4 Å². The van der Waals surface area contributed by atoms with Crippen LogP contribution in [0, 0.1) is 0 Å². The molecular weight excluding hydrogens is 464 g/mol. The molecule has 0 spiro atoms. The van der Waals surface area contributed by atoms with Gasteiger partial charge < -0.3 is 19.1 Å². The number of carboxylic acids is 1. The van der Waals surface area contributed by atoms with E-state index in [0.29, 0.717) is 18.3 Å². The Hall–Kier alpha value is -3.77. The minimum atomic E-state index is -0.961. The van der Waals surface area contributed by atoms with Crippen molar-refractivity contribution in [3.05, 3.63) is 95.7 Å². The third-order valence-electron chi connectivity index (χ3n) is 7.60. The van der Waals surface area contributed by atoms with Gasteiger partial charge in [0.15, 0.2) is 0 Å². The summed E-state index contributed by atoms with van der Waals surface area (Å²) in [4.78, 5) is 13.8. The first kappa shape index (κ1) is 24.9. The van der Waals surface area contributed by atoms with Crippen LogP contribution in [0.4, 0.5) is 0 Å². The number of ether oxygens (including phenoxy) is 2. The van der Waals surface area contributed by atoms with E-state index in [1.807, 2.05) is 12.1 Å². The molecule has 3 aromatic carbocycles. The number of fused-ring (bicyclic) bond motifs is 1. The van der Waals surface area contributed by atoms with Crippen LogP contribution in [0.1, 0.15) is 53.2 Å². The molecule has 1 aliphatic rings. The minimum Gasteiger partial charge on any atom is -0.497 e. The second-order valence-electron chi connectivity index (χ2n) is 9.72. The Balaban J connectivity index is 1.24. The Labute approximate surface area is 218 Å². The van der Waals surface area contributed by atoms with E-state index in [9.17, 15) is 9.90 Å². The highest BCUT2D eigenvalue weighted by Gasteiger charge is 2.25. The van der Waals surface area contributed by atoms with Crippen LogP contribution < -0.4 is 9.47 Å². The number of methoxy groups -OCH3 is 1. The summed E-state index contributed by atoms with van der Waals surface area (Å²) in [7, 11) is 1.70. The molecule has 1 N–H and O–H groups in total. The molecule has 5 rings (SSSR count). The van der Waals surface area contributed by atoms with Gasteiger partial charge in [-0.25, -0.2) is 4.79 Å². The summed E-state index contributed by atoms with van der Waals surface area (Å²) >= 11 is 0. The minimum absolute atomic E-state index is 0.210. The van der Waals surface area contributed by atoms with Crippen LogP contribution in [0.5, 0.6) is 11.5 Å². The molecule has 1 atom stereocenters. The summed E-state index contributed by atoms with van der Waals surface area (Å²) in [5.41, 5.74) is 4.17. The number of piperidine rings is 1. The van der Waals surface area contributed by atoms with Gasteiger partial charge in [0.1, 0.15) is 23.7 Å². The van der Waals surface area contributed by atoms with Gasteiger partial charge in [0, 0.05) is 23.6 Å². The molecule has 1 saturated heterocycles. The quantitative estimate of drug-likeness (QED) is 0.297. The predicted molar refractivity (Wildman–Crippen MR) is 146 cm³/mol. The van der Waals surface area contributed by atoms with Gasteiger partial charge in [-0.15, -0.1) is 0 Å². The van der Waals surface area contributed by atoms with Gasteiger partial charge in [-0.3, -0.25) is 4.90 Å². The number of hydrogen-bond donors (Lipinski definition) is 1. The van der Waals surface area contributed by atoms with Gasteiger partial charge in [-0.05, 0) is 80.2 Å². The summed E-state index contributed by atoms with van der Waals surface area (Å²) in [5, 5.41) is 10.7. The smallest absolute Gasteiger partial charge is 0.339 e. The van der Waals surface area contributed by atoms with Crippen molar-refractivity contribution in [3.63, 3.8) is 0 Å². The number of nitrogens with zero attached hydrogens (tertiary/aromatic N) is 2. The number of benzene rings is 3. The summed E-state index contributed by atoms with van der Waals surface area (Å²) < 4.78 is 13.6. The van der Waals surface area contributed by atoms with Crippen molar-refractivity contribution >= 4 is 16.9 Å². The van der Waals surface area contributed by atoms with Crippen LogP contribution in [0.25, 0.3) is 10.9 Å². The number of aromatic carboxylic acids is 1. The number of aromatic nitrogens is 1. The molecule has 0 radical (unpaired) electrons. The molecular formula is C31H34N2O4. The lowest BCUT2D eigenvalue weighted by Gasteiger charge is -2.31. The Kier molecular flexibility index (Phi) is 7.47. The van der Waals surface area contributed by atoms with E-state index in [-0.39, 0.29) is 11.6 Å². The van der Waals surface area contributed by atoms with Gasteiger partial charge in [-0.2, -0.15) is 0 Å². The average molecular weight is 499 g/mol. The van der Waals surface area contributed by atoms with E-state index < -0.39 is 5.97 Å². The molecule has 0 amide bonds. The third kappa shape index (κ3) is 5.35. The number of carboxylic acid groups (broad SMARTS) is 1. The molecule has 192 valence electrons.